The molecule has 1 fully saturated rings. The highest BCUT2D eigenvalue weighted by Crippen LogP contribution is 2.07. The van der Waals surface area contributed by atoms with Crippen molar-refractivity contribution in [3.63, 3.8) is 0 Å². The number of amides is 1. The SMILES string of the molecule is Cc1ccc(NCC(=O)NNC(=S)NCCN2CCOCC2)cc1. The number of hydrogen-bond donors (Lipinski definition) is 4. The van der Waals surface area contributed by atoms with E-state index in [0.717, 1.165) is 45.1 Å². The van der Waals surface area contributed by atoms with Crippen molar-refractivity contribution in [1.29, 1.82) is 0 Å². The van der Waals surface area contributed by atoms with Crippen molar-refractivity contribution in [2.45, 2.75) is 6.92 Å². The predicted octanol–water partition coefficient (Wildman–Crippen LogP) is 0.234. The summed E-state index contributed by atoms with van der Waals surface area (Å²) in [6.07, 6.45) is 0. The van der Waals surface area contributed by atoms with E-state index in [1.54, 1.807) is 0 Å². The van der Waals surface area contributed by atoms with Crippen LogP contribution in [-0.2, 0) is 9.53 Å². The van der Waals surface area contributed by atoms with Crippen molar-refractivity contribution in [2.24, 2.45) is 0 Å². The van der Waals surface area contributed by atoms with Crippen LogP contribution >= 0.6 is 12.2 Å². The number of aryl methyl sites for hydroxylation is 1. The maximum atomic E-state index is 11.8. The van der Waals surface area contributed by atoms with Gasteiger partial charge in [-0.25, -0.2) is 0 Å². The van der Waals surface area contributed by atoms with Gasteiger partial charge in [-0.3, -0.25) is 20.5 Å². The molecule has 2 rings (SSSR count). The fourth-order valence-corrected chi connectivity index (χ4v) is 2.37. The van der Waals surface area contributed by atoms with E-state index in [1.807, 2.05) is 31.2 Å². The first kappa shape index (κ1) is 18.4. The minimum absolute atomic E-state index is 0.173. The van der Waals surface area contributed by atoms with Crippen molar-refractivity contribution in [1.82, 2.24) is 21.1 Å². The predicted molar refractivity (Wildman–Crippen MR) is 98.8 cm³/mol. The Morgan fingerprint density at radius 1 is 1.21 bits per heavy atom. The summed E-state index contributed by atoms with van der Waals surface area (Å²) in [6, 6.07) is 7.86. The van der Waals surface area contributed by atoms with Gasteiger partial charge in [0, 0.05) is 31.9 Å². The Labute approximate surface area is 148 Å². The lowest BCUT2D eigenvalue weighted by atomic mass is 10.2. The van der Waals surface area contributed by atoms with E-state index in [1.165, 1.54) is 5.56 Å². The van der Waals surface area contributed by atoms with Crippen LogP contribution in [0.15, 0.2) is 24.3 Å². The average Bonchev–Trinajstić information content (AvgIpc) is 2.60. The lowest BCUT2D eigenvalue weighted by molar-refractivity contribution is -0.119. The molecule has 132 valence electrons. The monoisotopic (exact) mass is 351 g/mol. The van der Waals surface area contributed by atoms with Gasteiger partial charge in [-0.1, -0.05) is 17.7 Å². The molecule has 0 aromatic heterocycles. The van der Waals surface area contributed by atoms with Crippen molar-refractivity contribution in [3.8, 4) is 0 Å². The summed E-state index contributed by atoms with van der Waals surface area (Å²) in [5.74, 6) is -0.187. The van der Waals surface area contributed by atoms with Crippen LogP contribution in [0, 0.1) is 6.92 Å². The second kappa shape index (κ2) is 10.1. The summed E-state index contributed by atoms with van der Waals surface area (Å²) in [7, 11) is 0. The summed E-state index contributed by atoms with van der Waals surface area (Å²) in [5, 5.41) is 6.52. The fourth-order valence-electron chi connectivity index (χ4n) is 2.22. The van der Waals surface area contributed by atoms with Crippen LogP contribution in [0.3, 0.4) is 0 Å². The number of hydrazine groups is 1. The highest BCUT2D eigenvalue weighted by Gasteiger charge is 2.09. The van der Waals surface area contributed by atoms with Gasteiger partial charge in [-0.05, 0) is 31.3 Å². The van der Waals surface area contributed by atoms with Gasteiger partial charge in [-0.15, -0.1) is 0 Å². The quantitative estimate of drug-likeness (QED) is 0.432. The third-order valence-electron chi connectivity index (χ3n) is 3.64. The molecular weight excluding hydrogens is 326 g/mol. The number of carbonyl (C=O) groups is 1. The van der Waals surface area contributed by atoms with Gasteiger partial charge < -0.3 is 15.4 Å². The minimum atomic E-state index is -0.187. The number of rotatable bonds is 6. The Kier molecular flexibility index (Phi) is 7.73. The molecule has 0 bridgehead atoms. The Morgan fingerprint density at radius 2 is 1.92 bits per heavy atom. The molecule has 1 amide bonds. The molecule has 7 nitrogen and oxygen atoms in total. The van der Waals surface area contributed by atoms with Crippen LogP contribution in [0.2, 0.25) is 0 Å². The number of nitrogens with zero attached hydrogens (tertiary/aromatic N) is 1. The van der Waals surface area contributed by atoms with Crippen molar-refractivity contribution in [2.75, 3.05) is 51.3 Å². The van der Waals surface area contributed by atoms with Gasteiger partial charge in [0.05, 0.1) is 19.8 Å². The molecule has 0 unspecified atom stereocenters. The Bertz CT molecular complexity index is 532. The normalized spacial score (nSPS) is 14.7. The van der Waals surface area contributed by atoms with Gasteiger partial charge in [0.25, 0.3) is 5.91 Å². The molecule has 1 heterocycles. The molecule has 0 saturated carbocycles. The van der Waals surface area contributed by atoms with E-state index in [-0.39, 0.29) is 12.5 Å². The Hall–Kier alpha value is -1.90. The van der Waals surface area contributed by atoms with E-state index < -0.39 is 0 Å². The van der Waals surface area contributed by atoms with Gasteiger partial charge in [-0.2, -0.15) is 0 Å². The molecule has 1 aromatic rings. The Balaban J connectivity index is 1.53. The van der Waals surface area contributed by atoms with Crippen molar-refractivity contribution in [3.05, 3.63) is 29.8 Å². The number of nitrogens with one attached hydrogen (secondary N) is 4. The maximum Gasteiger partial charge on any atom is 0.257 e. The summed E-state index contributed by atoms with van der Waals surface area (Å²) < 4.78 is 5.30. The first-order valence-electron chi connectivity index (χ1n) is 8.07. The van der Waals surface area contributed by atoms with E-state index in [4.69, 9.17) is 17.0 Å². The number of hydrogen-bond acceptors (Lipinski definition) is 5. The summed E-state index contributed by atoms with van der Waals surface area (Å²) in [4.78, 5) is 14.1. The van der Waals surface area contributed by atoms with Gasteiger partial charge in [0.2, 0.25) is 0 Å². The van der Waals surface area contributed by atoms with E-state index in [9.17, 15) is 4.79 Å². The fraction of sp³-hybridized carbons (Fsp3) is 0.500. The largest absolute Gasteiger partial charge is 0.379 e. The molecule has 1 aliphatic heterocycles. The summed E-state index contributed by atoms with van der Waals surface area (Å²) in [6.45, 7) is 7.28. The molecule has 24 heavy (non-hydrogen) atoms. The third-order valence-corrected chi connectivity index (χ3v) is 3.88. The molecule has 1 aliphatic rings. The van der Waals surface area contributed by atoms with Crippen molar-refractivity contribution < 1.29 is 9.53 Å². The molecule has 0 aliphatic carbocycles. The van der Waals surface area contributed by atoms with E-state index >= 15 is 0 Å². The number of benzene rings is 1. The molecule has 1 aromatic carbocycles. The second-order valence-corrected chi connectivity index (χ2v) is 6.01. The molecule has 1 saturated heterocycles. The van der Waals surface area contributed by atoms with Crippen molar-refractivity contribution >= 4 is 28.9 Å². The van der Waals surface area contributed by atoms with E-state index in [2.05, 4.69) is 26.4 Å². The first-order valence-corrected chi connectivity index (χ1v) is 8.47. The van der Waals surface area contributed by atoms with Gasteiger partial charge in [0.1, 0.15) is 0 Å². The van der Waals surface area contributed by atoms with Crippen LogP contribution in [0.25, 0.3) is 0 Å². The third kappa shape index (κ3) is 7.12. The highest BCUT2D eigenvalue weighted by atomic mass is 32.1. The molecule has 4 N–H and O–H groups in total. The van der Waals surface area contributed by atoms with Crippen LogP contribution in [-0.4, -0.2) is 61.9 Å². The average molecular weight is 351 g/mol. The maximum absolute atomic E-state index is 11.8. The molecular formula is C16H25N5O2S. The zero-order valence-electron chi connectivity index (χ0n) is 13.9. The smallest absolute Gasteiger partial charge is 0.257 e. The number of thiocarbonyl (C=S) groups is 1. The number of morpholine rings is 1. The lowest BCUT2D eigenvalue weighted by Crippen LogP contribution is -2.50. The zero-order chi connectivity index (χ0) is 17.2. The zero-order valence-corrected chi connectivity index (χ0v) is 14.7. The molecule has 8 heteroatoms. The topological polar surface area (TPSA) is 77.7 Å². The van der Waals surface area contributed by atoms with Gasteiger partial charge >= 0.3 is 0 Å². The van der Waals surface area contributed by atoms with Gasteiger partial charge in [0.15, 0.2) is 5.11 Å². The first-order chi connectivity index (χ1) is 11.6. The molecule has 0 atom stereocenters. The summed E-state index contributed by atoms with van der Waals surface area (Å²) in [5.41, 5.74) is 7.35. The minimum Gasteiger partial charge on any atom is -0.379 e. The second-order valence-electron chi connectivity index (χ2n) is 5.60. The standard InChI is InChI=1S/C16H25N5O2S/c1-13-2-4-14(5-3-13)18-12-15(22)19-20-16(24)17-6-7-21-8-10-23-11-9-21/h2-5,18H,6-12H2,1H3,(H,19,22)(H2,17,20,24). The van der Waals surface area contributed by atoms with Crippen LogP contribution < -0.4 is 21.5 Å². The number of anilines is 1. The summed E-state index contributed by atoms with van der Waals surface area (Å²) >= 11 is 5.13. The highest BCUT2D eigenvalue weighted by molar-refractivity contribution is 7.80. The van der Waals surface area contributed by atoms with Crippen LogP contribution in [0.4, 0.5) is 5.69 Å². The van der Waals surface area contributed by atoms with E-state index in [0.29, 0.717) is 5.11 Å². The molecule has 0 spiro atoms. The number of carbonyl (C=O) groups excluding carboxylic acids is 1. The number of ether oxygens (including phenoxy) is 1. The Morgan fingerprint density at radius 3 is 2.62 bits per heavy atom. The molecule has 0 radical (unpaired) electrons. The van der Waals surface area contributed by atoms with Crippen LogP contribution in [0.1, 0.15) is 5.56 Å². The van der Waals surface area contributed by atoms with Crippen LogP contribution in [0.5, 0.6) is 0 Å². The lowest BCUT2D eigenvalue weighted by Gasteiger charge is -2.26.